The first kappa shape index (κ1) is 15.8. The first-order chi connectivity index (χ1) is 9.05. The normalized spacial score (nSPS) is 11.4. The van der Waals surface area contributed by atoms with Crippen molar-refractivity contribution in [1.82, 2.24) is 5.32 Å². The van der Waals surface area contributed by atoms with Crippen molar-refractivity contribution in [2.24, 2.45) is 0 Å². The Morgan fingerprint density at radius 2 is 1.74 bits per heavy atom. The second-order valence-corrected chi connectivity index (χ2v) is 5.45. The van der Waals surface area contributed by atoms with Crippen molar-refractivity contribution in [3.05, 3.63) is 23.8 Å². The maximum absolute atomic E-state index is 5.37. The fourth-order valence-electron chi connectivity index (χ4n) is 2.10. The van der Waals surface area contributed by atoms with Crippen molar-refractivity contribution in [3.8, 4) is 11.5 Å². The lowest BCUT2D eigenvalue weighted by Crippen LogP contribution is -2.26. The van der Waals surface area contributed by atoms with Crippen molar-refractivity contribution >= 4 is 0 Å². The van der Waals surface area contributed by atoms with Crippen LogP contribution in [0.4, 0.5) is 0 Å². The van der Waals surface area contributed by atoms with E-state index in [0.29, 0.717) is 0 Å². The van der Waals surface area contributed by atoms with Crippen LogP contribution in [0.25, 0.3) is 0 Å². The Kier molecular flexibility index (Phi) is 6.16. The zero-order valence-corrected chi connectivity index (χ0v) is 12.9. The summed E-state index contributed by atoms with van der Waals surface area (Å²) < 4.78 is 10.7. The summed E-state index contributed by atoms with van der Waals surface area (Å²) in [6.45, 7) is 8.84. The van der Waals surface area contributed by atoms with Crippen LogP contribution in [0.3, 0.4) is 0 Å². The Hall–Kier alpha value is -1.22. The molecular formula is C16H27NO2. The minimum absolute atomic E-state index is 0.125. The van der Waals surface area contributed by atoms with Crippen molar-refractivity contribution in [3.63, 3.8) is 0 Å². The van der Waals surface area contributed by atoms with Crippen LogP contribution in [0, 0.1) is 0 Å². The first-order valence-electron chi connectivity index (χ1n) is 6.98. The average molecular weight is 265 g/mol. The van der Waals surface area contributed by atoms with E-state index < -0.39 is 0 Å². The molecule has 1 aromatic carbocycles. The average Bonchev–Trinajstić information content (AvgIpc) is 2.42. The van der Waals surface area contributed by atoms with Crippen molar-refractivity contribution < 1.29 is 9.47 Å². The van der Waals surface area contributed by atoms with E-state index in [0.717, 1.165) is 31.0 Å². The fourth-order valence-corrected chi connectivity index (χ4v) is 2.10. The lowest BCUT2D eigenvalue weighted by molar-refractivity contribution is 0.352. The first-order valence-corrected chi connectivity index (χ1v) is 6.98. The minimum Gasteiger partial charge on any atom is -0.493 e. The van der Waals surface area contributed by atoms with Gasteiger partial charge in [0.15, 0.2) is 11.5 Å². The van der Waals surface area contributed by atoms with E-state index in [1.807, 2.05) is 6.07 Å². The second-order valence-electron chi connectivity index (χ2n) is 5.45. The molecule has 0 spiro atoms. The maximum atomic E-state index is 5.37. The quantitative estimate of drug-likeness (QED) is 0.731. The summed E-state index contributed by atoms with van der Waals surface area (Å²) >= 11 is 0. The Bertz CT molecular complexity index is 388. The summed E-state index contributed by atoms with van der Waals surface area (Å²) in [6.07, 6.45) is 2.28. The van der Waals surface area contributed by atoms with Crippen LogP contribution in [0.5, 0.6) is 11.5 Å². The van der Waals surface area contributed by atoms with Gasteiger partial charge in [-0.3, -0.25) is 0 Å². The smallest absolute Gasteiger partial charge is 0.161 e. The van der Waals surface area contributed by atoms with Gasteiger partial charge >= 0.3 is 0 Å². The molecule has 0 aliphatic heterocycles. The summed E-state index contributed by atoms with van der Waals surface area (Å²) in [5, 5.41) is 3.46. The number of rotatable bonds is 8. The molecule has 19 heavy (non-hydrogen) atoms. The van der Waals surface area contributed by atoms with E-state index in [4.69, 9.17) is 9.47 Å². The lowest BCUT2D eigenvalue weighted by atomic mass is 9.81. The molecule has 1 rings (SSSR count). The van der Waals surface area contributed by atoms with Gasteiger partial charge in [0, 0.05) is 0 Å². The van der Waals surface area contributed by atoms with Crippen LogP contribution in [-0.2, 0) is 5.41 Å². The molecular weight excluding hydrogens is 238 g/mol. The van der Waals surface area contributed by atoms with Crippen LogP contribution in [0.15, 0.2) is 18.2 Å². The van der Waals surface area contributed by atoms with Gasteiger partial charge < -0.3 is 14.8 Å². The van der Waals surface area contributed by atoms with E-state index in [2.05, 4.69) is 38.2 Å². The molecule has 0 bridgehead atoms. The summed E-state index contributed by atoms with van der Waals surface area (Å²) in [5.74, 6) is 1.58. The van der Waals surface area contributed by atoms with Crippen LogP contribution >= 0.6 is 0 Å². The molecule has 0 heterocycles. The van der Waals surface area contributed by atoms with Crippen LogP contribution in [0.1, 0.15) is 39.2 Å². The second kappa shape index (κ2) is 7.39. The highest BCUT2D eigenvalue weighted by atomic mass is 16.5. The van der Waals surface area contributed by atoms with Crippen LogP contribution in [-0.4, -0.2) is 27.3 Å². The summed E-state index contributed by atoms with van der Waals surface area (Å²) in [6, 6.07) is 6.19. The topological polar surface area (TPSA) is 30.5 Å². The largest absolute Gasteiger partial charge is 0.493 e. The zero-order chi connectivity index (χ0) is 14.3. The number of hydrogen-bond donors (Lipinski definition) is 1. The van der Waals surface area contributed by atoms with Gasteiger partial charge in [0.1, 0.15) is 0 Å². The molecule has 0 radical (unpaired) electrons. The molecule has 0 saturated carbocycles. The molecule has 1 aromatic rings. The van der Waals surface area contributed by atoms with E-state index in [1.165, 1.54) is 12.0 Å². The fraction of sp³-hybridized carbons (Fsp3) is 0.625. The molecule has 0 saturated heterocycles. The predicted octanol–water partition coefficient (Wildman–Crippen LogP) is 3.37. The molecule has 0 aliphatic carbocycles. The van der Waals surface area contributed by atoms with Crippen molar-refractivity contribution in [1.29, 1.82) is 0 Å². The van der Waals surface area contributed by atoms with E-state index in [-0.39, 0.29) is 5.41 Å². The van der Waals surface area contributed by atoms with E-state index >= 15 is 0 Å². The highest BCUT2D eigenvalue weighted by molar-refractivity contribution is 5.44. The molecule has 0 amide bonds. The van der Waals surface area contributed by atoms with Gasteiger partial charge in [0.25, 0.3) is 0 Å². The number of hydrogen-bond acceptors (Lipinski definition) is 3. The Morgan fingerprint density at radius 3 is 2.32 bits per heavy atom. The number of ether oxygens (including phenoxy) is 2. The molecule has 0 fully saturated rings. The van der Waals surface area contributed by atoms with Gasteiger partial charge in [-0.1, -0.05) is 26.8 Å². The Balaban J connectivity index is 2.76. The molecule has 0 unspecified atom stereocenters. The molecule has 3 nitrogen and oxygen atoms in total. The Labute approximate surface area is 117 Å². The molecule has 0 aliphatic rings. The van der Waals surface area contributed by atoms with Gasteiger partial charge in [-0.25, -0.2) is 0 Å². The Morgan fingerprint density at radius 1 is 1.05 bits per heavy atom. The highest BCUT2D eigenvalue weighted by Gasteiger charge is 2.21. The third kappa shape index (κ3) is 4.43. The summed E-state index contributed by atoms with van der Waals surface area (Å²) in [4.78, 5) is 0. The molecule has 0 aromatic heterocycles. The number of benzene rings is 1. The van der Waals surface area contributed by atoms with E-state index in [9.17, 15) is 0 Å². The van der Waals surface area contributed by atoms with Crippen molar-refractivity contribution in [2.75, 3.05) is 27.3 Å². The van der Waals surface area contributed by atoms with Crippen LogP contribution < -0.4 is 14.8 Å². The molecule has 3 heteroatoms. The molecule has 108 valence electrons. The van der Waals surface area contributed by atoms with E-state index in [1.54, 1.807) is 14.2 Å². The summed E-state index contributed by atoms with van der Waals surface area (Å²) in [7, 11) is 3.34. The SMILES string of the molecule is CCCNCCC(C)(C)c1ccc(OC)c(OC)c1. The molecule has 0 atom stereocenters. The standard InChI is InChI=1S/C16H27NO2/c1-6-10-17-11-9-16(2,3)13-7-8-14(18-4)15(12-13)19-5/h7-8,12,17H,6,9-11H2,1-5H3. The van der Waals surface area contributed by atoms with Gasteiger partial charge in [-0.15, -0.1) is 0 Å². The van der Waals surface area contributed by atoms with Gasteiger partial charge in [-0.2, -0.15) is 0 Å². The predicted molar refractivity (Wildman–Crippen MR) is 80.3 cm³/mol. The zero-order valence-electron chi connectivity index (χ0n) is 12.9. The third-order valence-corrected chi connectivity index (χ3v) is 3.52. The lowest BCUT2D eigenvalue weighted by Gasteiger charge is -2.26. The van der Waals surface area contributed by atoms with Crippen LogP contribution in [0.2, 0.25) is 0 Å². The highest BCUT2D eigenvalue weighted by Crippen LogP contribution is 2.34. The molecule has 1 N–H and O–H groups in total. The number of methoxy groups -OCH3 is 2. The minimum atomic E-state index is 0.125. The van der Waals surface area contributed by atoms with Crippen molar-refractivity contribution in [2.45, 2.75) is 39.0 Å². The van der Waals surface area contributed by atoms with Gasteiger partial charge in [0.2, 0.25) is 0 Å². The maximum Gasteiger partial charge on any atom is 0.161 e. The monoisotopic (exact) mass is 265 g/mol. The van der Waals surface area contributed by atoms with Gasteiger partial charge in [0.05, 0.1) is 14.2 Å². The third-order valence-electron chi connectivity index (χ3n) is 3.52. The van der Waals surface area contributed by atoms with Gasteiger partial charge in [-0.05, 0) is 49.0 Å². The summed E-state index contributed by atoms with van der Waals surface area (Å²) in [5.41, 5.74) is 1.41. The number of nitrogens with one attached hydrogen (secondary N) is 1.